The fourth-order valence-corrected chi connectivity index (χ4v) is 2.72. The molecule has 0 saturated carbocycles. The van der Waals surface area contributed by atoms with Gasteiger partial charge in [0.1, 0.15) is 11.5 Å². The standard InChI is InChI=1S/C15H11BrN2O/c1-10-5-2-3-6-11(10)15-17-12(9-19)13-7-4-8-14(16)18(13)15/h2-9H,1H3. The van der Waals surface area contributed by atoms with Crippen molar-refractivity contribution in [3.8, 4) is 11.4 Å². The Morgan fingerprint density at radius 3 is 2.68 bits per heavy atom. The second-order valence-electron chi connectivity index (χ2n) is 4.32. The number of rotatable bonds is 2. The highest BCUT2D eigenvalue weighted by atomic mass is 79.9. The van der Waals surface area contributed by atoms with Gasteiger partial charge in [-0.25, -0.2) is 4.98 Å². The van der Waals surface area contributed by atoms with Crippen LogP contribution in [0.4, 0.5) is 0 Å². The minimum atomic E-state index is 0.458. The van der Waals surface area contributed by atoms with E-state index in [1.165, 1.54) is 0 Å². The Labute approximate surface area is 119 Å². The molecule has 3 aromatic rings. The van der Waals surface area contributed by atoms with E-state index in [1.54, 1.807) is 0 Å². The number of hydrogen-bond acceptors (Lipinski definition) is 2. The van der Waals surface area contributed by atoms with E-state index in [4.69, 9.17) is 0 Å². The Kier molecular flexibility index (Phi) is 2.95. The summed E-state index contributed by atoms with van der Waals surface area (Å²) in [5.74, 6) is 0.780. The maximum absolute atomic E-state index is 11.2. The molecule has 2 heterocycles. The highest BCUT2D eigenvalue weighted by Crippen LogP contribution is 2.28. The number of aryl methyl sites for hydroxylation is 1. The third-order valence-corrected chi connectivity index (χ3v) is 3.76. The molecule has 0 aliphatic heterocycles. The number of aromatic nitrogens is 2. The average molecular weight is 315 g/mol. The minimum absolute atomic E-state index is 0.458. The van der Waals surface area contributed by atoms with Crippen LogP contribution in [0.5, 0.6) is 0 Å². The molecule has 0 aliphatic rings. The SMILES string of the molecule is Cc1ccccc1-c1nc(C=O)c2cccc(Br)n12. The van der Waals surface area contributed by atoms with Crippen LogP contribution in [0.3, 0.4) is 0 Å². The van der Waals surface area contributed by atoms with Crippen molar-refractivity contribution < 1.29 is 4.79 Å². The monoisotopic (exact) mass is 314 g/mol. The lowest BCUT2D eigenvalue weighted by Crippen LogP contribution is -1.92. The molecule has 19 heavy (non-hydrogen) atoms. The molecule has 0 aliphatic carbocycles. The van der Waals surface area contributed by atoms with Crippen LogP contribution in [0.25, 0.3) is 16.9 Å². The first-order valence-corrected chi connectivity index (χ1v) is 6.70. The van der Waals surface area contributed by atoms with Crippen molar-refractivity contribution in [2.45, 2.75) is 6.92 Å². The van der Waals surface area contributed by atoms with Crippen LogP contribution in [-0.2, 0) is 0 Å². The molecule has 0 spiro atoms. The third kappa shape index (κ3) is 1.88. The number of imidazole rings is 1. The van der Waals surface area contributed by atoms with Crippen molar-refractivity contribution >= 4 is 27.7 Å². The Balaban J connectivity index is 2.42. The predicted octanol–water partition coefficient (Wildman–Crippen LogP) is 3.88. The molecule has 2 aromatic heterocycles. The lowest BCUT2D eigenvalue weighted by atomic mass is 10.1. The van der Waals surface area contributed by atoms with Crippen LogP contribution >= 0.6 is 15.9 Å². The lowest BCUT2D eigenvalue weighted by molar-refractivity contribution is 0.112. The molecular formula is C15H11BrN2O. The maximum atomic E-state index is 11.2. The summed E-state index contributed by atoms with van der Waals surface area (Å²) in [5, 5.41) is 0. The minimum Gasteiger partial charge on any atom is -0.296 e. The fourth-order valence-electron chi connectivity index (χ4n) is 2.21. The zero-order chi connectivity index (χ0) is 13.4. The molecule has 0 saturated heterocycles. The largest absolute Gasteiger partial charge is 0.296 e. The van der Waals surface area contributed by atoms with Crippen molar-refractivity contribution in [3.05, 3.63) is 58.3 Å². The lowest BCUT2D eigenvalue weighted by Gasteiger charge is -2.06. The third-order valence-electron chi connectivity index (χ3n) is 3.14. The van der Waals surface area contributed by atoms with Gasteiger partial charge in [-0.2, -0.15) is 0 Å². The topological polar surface area (TPSA) is 34.4 Å². The van der Waals surface area contributed by atoms with Crippen LogP contribution < -0.4 is 0 Å². The summed E-state index contributed by atoms with van der Waals surface area (Å²) in [5.41, 5.74) is 3.42. The van der Waals surface area contributed by atoms with Crippen LogP contribution in [0, 0.1) is 6.92 Å². The van der Waals surface area contributed by atoms with Gasteiger partial charge < -0.3 is 0 Å². The van der Waals surface area contributed by atoms with E-state index in [0.29, 0.717) is 5.69 Å². The highest BCUT2D eigenvalue weighted by Gasteiger charge is 2.15. The molecule has 0 unspecified atom stereocenters. The Morgan fingerprint density at radius 1 is 1.16 bits per heavy atom. The molecule has 4 heteroatoms. The fraction of sp³-hybridized carbons (Fsp3) is 0.0667. The van der Waals surface area contributed by atoms with Gasteiger partial charge in [-0.05, 0) is 40.5 Å². The van der Waals surface area contributed by atoms with E-state index >= 15 is 0 Å². The summed E-state index contributed by atoms with van der Waals surface area (Å²) >= 11 is 3.52. The van der Waals surface area contributed by atoms with Crippen molar-refractivity contribution in [2.75, 3.05) is 0 Å². The first kappa shape index (κ1) is 12.1. The molecule has 1 aromatic carbocycles. The molecule has 0 N–H and O–H groups in total. The number of benzene rings is 1. The summed E-state index contributed by atoms with van der Waals surface area (Å²) in [4.78, 5) is 15.6. The van der Waals surface area contributed by atoms with Gasteiger partial charge in [0.15, 0.2) is 6.29 Å². The highest BCUT2D eigenvalue weighted by molar-refractivity contribution is 9.10. The molecule has 94 valence electrons. The van der Waals surface area contributed by atoms with E-state index < -0.39 is 0 Å². The normalized spacial score (nSPS) is 10.8. The van der Waals surface area contributed by atoms with Crippen LogP contribution in [-0.4, -0.2) is 15.7 Å². The molecule has 0 radical (unpaired) electrons. The van der Waals surface area contributed by atoms with Gasteiger partial charge in [-0.1, -0.05) is 30.3 Å². The zero-order valence-electron chi connectivity index (χ0n) is 10.3. The van der Waals surface area contributed by atoms with Crippen LogP contribution in [0.2, 0.25) is 0 Å². The first-order chi connectivity index (χ1) is 9.22. The molecule has 0 bridgehead atoms. The summed E-state index contributed by atoms with van der Waals surface area (Å²) in [6.45, 7) is 2.04. The molecule has 3 rings (SSSR count). The van der Waals surface area contributed by atoms with Crippen molar-refractivity contribution in [2.24, 2.45) is 0 Å². The van der Waals surface area contributed by atoms with Crippen molar-refractivity contribution in [1.82, 2.24) is 9.38 Å². The molecule has 0 atom stereocenters. The number of pyridine rings is 1. The summed E-state index contributed by atoms with van der Waals surface area (Å²) in [7, 11) is 0. The van der Waals surface area contributed by atoms with E-state index in [2.05, 4.69) is 20.9 Å². The Bertz CT molecular complexity index is 777. The molecular weight excluding hydrogens is 304 g/mol. The summed E-state index contributed by atoms with van der Waals surface area (Å²) < 4.78 is 2.83. The van der Waals surface area contributed by atoms with Gasteiger partial charge in [0.2, 0.25) is 0 Å². The van der Waals surface area contributed by atoms with Gasteiger partial charge in [-0.15, -0.1) is 0 Å². The first-order valence-electron chi connectivity index (χ1n) is 5.90. The number of aldehydes is 1. The molecule has 0 amide bonds. The number of carbonyl (C=O) groups excluding carboxylic acids is 1. The predicted molar refractivity (Wildman–Crippen MR) is 78.5 cm³/mol. The Morgan fingerprint density at radius 2 is 1.95 bits per heavy atom. The summed E-state index contributed by atoms with van der Waals surface area (Å²) in [6.07, 6.45) is 0.795. The van der Waals surface area contributed by atoms with E-state index in [1.807, 2.05) is 53.8 Å². The Hall–Kier alpha value is -1.94. The quantitative estimate of drug-likeness (QED) is 0.531. The van der Waals surface area contributed by atoms with Gasteiger partial charge in [0.05, 0.1) is 10.1 Å². The maximum Gasteiger partial charge on any atom is 0.170 e. The van der Waals surface area contributed by atoms with Crippen LogP contribution in [0.15, 0.2) is 47.1 Å². The number of fused-ring (bicyclic) bond motifs is 1. The summed E-state index contributed by atoms with van der Waals surface area (Å²) in [6, 6.07) is 13.7. The van der Waals surface area contributed by atoms with Gasteiger partial charge in [0, 0.05) is 5.56 Å². The smallest absolute Gasteiger partial charge is 0.170 e. The number of carbonyl (C=O) groups is 1. The van der Waals surface area contributed by atoms with Gasteiger partial charge in [-0.3, -0.25) is 9.20 Å². The zero-order valence-corrected chi connectivity index (χ0v) is 11.9. The van der Waals surface area contributed by atoms with Crippen LogP contribution in [0.1, 0.15) is 16.1 Å². The van der Waals surface area contributed by atoms with Gasteiger partial charge >= 0.3 is 0 Å². The van der Waals surface area contributed by atoms with Gasteiger partial charge in [0.25, 0.3) is 0 Å². The molecule has 3 nitrogen and oxygen atoms in total. The average Bonchev–Trinajstić information content (AvgIpc) is 2.79. The van der Waals surface area contributed by atoms with Crippen molar-refractivity contribution in [1.29, 1.82) is 0 Å². The second-order valence-corrected chi connectivity index (χ2v) is 5.14. The van der Waals surface area contributed by atoms with E-state index in [9.17, 15) is 4.79 Å². The number of nitrogens with zero attached hydrogens (tertiary/aromatic N) is 2. The van der Waals surface area contributed by atoms with Crippen molar-refractivity contribution in [3.63, 3.8) is 0 Å². The van der Waals surface area contributed by atoms with E-state index in [-0.39, 0.29) is 0 Å². The van der Waals surface area contributed by atoms with E-state index in [0.717, 1.165) is 33.4 Å². The molecule has 0 fully saturated rings. The number of halogens is 1. The second kappa shape index (κ2) is 4.63. The number of hydrogen-bond donors (Lipinski definition) is 0.